The standard InChI is InChI=1S/C17H14N6OS/c1-12-18-20-17(23(12)13-7-3-2-4-8-13)25-11-22-16(24)14-9-5-6-10-15(14)19-21-22/h2-10H,11H2,1H3. The summed E-state index contributed by atoms with van der Waals surface area (Å²) in [4.78, 5) is 12.5. The topological polar surface area (TPSA) is 78.5 Å². The number of aromatic nitrogens is 6. The van der Waals surface area contributed by atoms with Gasteiger partial charge in [0.25, 0.3) is 5.56 Å². The van der Waals surface area contributed by atoms with E-state index in [0.29, 0.717) is 21.9 Å². The SMILES string of the molecule is Cc1nnc(SCn2nnc3ccccc3c2=O)n1-c1ccccc1. The molecule has 0 fully saturated rings. The first-order valence-electron chi connectivity index (χ1n) is 7.67. The average molecular weight is 350 g/mol. The number of aryl methyl sites for hydroxylation is 1. The molecule has 0 bridgehead atoms. The summed E-state index contributed by atoms with van der Waals surface area (Å²) in [5.74, 6) is 1.09. The highest BCUT2D eigenvalue weighted by molar-refractivity contribution is 7.98. The maximum atomic E-state index is 12.5. The number of hydrogen-bond donors (Lipinski definition) is 0. The van der Waals surface area contributed by atoms with Crippen LogP contribution in [0.5, 0.6) is 0 Å². The van der Waals surface area contributed by atoms with E-state index in [1.54, 1.807) is 12.1 Å². The van der Waals surface area contributed by atoms with Crippen LogP contribution in [0.25, 0.3) is 16.6 Å². The summed E-state index contributed by atoms with van der Waals surface area (Å²) in [6.45, 7) is 1.89. The summed E-state index contributed by atoms with van der Waals surface area (Å²) in [6.07, 6.45) is 0. The van der Waals surface area contributed by atoms with Gasteiger partial charge in [0.1, 0.15) is 11.3 Å². The lowest BCUT2D eigenvalue weighted by atomic mass is 10.2. The van der Waals surface area contributed by atoms with E-state index >= 15 is 0 Å². The van der Waals surface area contributed by atoms with Crippen molar-refractivity contribution in [3.8, 4) is 5.69 Å². The van der Waals surface area contributed by atoms with Gasteiger partial charge in [0.15, 0.2) is 5.16 Å². The lowest BCUT2D eigenvalue weighted by Crippen LogP contribution is -2.23. The summed E-state index contributed by atoms with van der Waals surface area (Å²) in [5, 5.41) is 17.7. The van der Waals surface area contributed by atoms with Crippen molar-refractivity contribution in [1.82, 2.24) is 29.8 Å². The van der Waals surface area contributed by atoms with Crippen molar-refractivity contribution >= 4 is 22.7 Å². The zero-order chi connectivity index (χ0) is 17.2. The van der Waals surface area contributed by atoms with Gasteiger partial charge in [-0.15, -0.1) is 15.3 Å². The lowest BCUT2D eigenvalue weighted by molar-refractivity contribution is 0.643. The van der Waals surface area contributed by atoms with E-state index in [1.807, 2.05) is 54.0 Å². The Morgan fingerprint density at radius 3 is 2.56 bits per heavy atom. The highest BCUT2D eigenvalue weighted by atomic mass is 32.2. The van der Waals surface area contributed by atoms with Gasteiger partial charge in [-0.1, -0.05) is 47.3 Å². The van der Waals surface area contributed by atoms with Gasteiger partial charge in [-0.25, -0.2) is 0 Å². The van der Waals surface area contributed by atoms with Crippen molar-refractivity contribution in [2.45, 2.75) is 18.0 Å². The maximum absolute atomic E-state index is 12.5. The average Bonchev–Trinajstić information content (AvgIpc) is 3.03. The van der Waals surface area contributed by atoms with Gasteiger partial charge in [0, 0.05) is 5.69 Å². The minimum absolute atomic E-state index is 0.166. The summed E-state index contributed by atoms with van der Waals surface area (Å²) in [6, 6.07) is 17.0. The van der Waals surface area contributed by atoms with Gasteiger partial charge < -0.3 is 0 Å². The number of fused-ring (bicyclic) bond motifs is 1. The molecule has 7 nitrogen and oxygen atoms in total. The van der Waals surface area contributed by atoms with Crippen molar-refractivity contribution in [1.29, 1.82) is 0 Å². The highest BCUT2D eigenvalue weighted by Gasteiger charge is 2.12. The predicted octanol–water partition coefficient (Wildman–Crippen LogP) is 2.43. The maximum Gasteiger partial charge on any atom is 0.278 e. The van der Waals surface area contributed by atoms with Crippen LogP contribution >= 0.6 is 11.8 Å². The Bertz CT molecular complexity index is 1090. The number of nitrogens with zero attached hydrogens (tertiary/aromatic N) is 6. The van der Waals surface area contributed by atoms with E-state index in [2.05, 4.69) is 20.5 Å². The Labute approximate surface area is 147 Å². The fourth-order valence-electron chi connectivity index (χ4n) is 2.54. The Kier molecular flexibility index (Phi) is 4.02. The quantitative estimate of drug-likeness (QED) is 0.526. The van der Waals surface area contributed by atoms with Crippen LogP contribution in [0.1, 0.15) is 5.82 Å². The van der Waals surface area contributed by atoms with Crippen LogP contribution in [-0.2, 0) is 5.88 Å². The Morgan fingerprint density at radius 1 is 0.960 bits per heavy atom. The molecule has 0 spiro atoms. The van der Waals surface area contributed by atoms with Crippen LogP contribution < -0.4 is 5.56 Å². The predicted molar refractivity (Wildman–Crippen MR) is 95.8 cm³/mol. The minimum atomic E-state index is -0.166. The first-order chi connectivity index (χ1) is 12.2. The molecular formula is C17H14N6OS. The van der Waals surface area contributed by atoms with E-state index in [4.69, 9.17) is 0 Å². The van der Waals surface area contributed by atoms with Crippen LogP contribution in [0.4, 0.5) is 0 Å². The molecule has 0 N–H and O–H groups in total. The van der Waals surface area contributed by atoms with Gasteiger partial charge in [-0.05, 0) is 31.2 Å². The van der Waals surface area contributed by atoms with E-state index < -0.39 is 0 Å². The van der Waals surface area contributed by atoms with Gasteiger partial charge >= 0.3 is 0 Å². The first-order valence-corrected chi connectivity index (χ1v) is 8.65. The third-order valence-electron chi connectivity index (χ3n) is 3.75. The first kappa shape index (κ1) is 15.5. The molecule has 4 rings (SSSR count). The number of hydrogen-bond acceptors (Lipinski definition) is 6. The van der Waals surface area contributed by atoms with E-state index in [0.717, 1.165) is 11.5 Å². The molecule has 0 radical (unpaired) electrons. The molecule has 2 heterocycles. The van der Waals surface area contributed by atoms with Gasteiger partial charge in [0.2, 0.25) is 0 Å². The summed E-state index contributed by atoms with van der Waals surface area (Å²) >= 11 is 1.39. The normalized spacial score (nSPS) is 11.1. The molecule has 25 heavy (non-hydrogen) atoms. The Morgan fingerprint density at radius 2 is 1.72 bits per heavy atom. The van der Waals surface area contributed by atoms with Crippen molar-refractivity contribution in [2.75, 3.05) is 0 Å². The smallest absolute Gasteiger partial charge is 0.274 e. The molecule has 8 heteroatoms. The van der Waals surface area contributed by atoms with Crippen molar-refractivity contribution in [3.05, 3.63) is 70.8 Å². The Balaban J connectivity index is 1.65. The van der Waals surface area contributed by atoms with Gasteiger partial charge in [0.05, 0.1) is 11.3 Å². The molecule has 0 aliphatic rings. The molecule has 0 aliphatic heterocycles. The minimum Gasteiger partial charge on any atom is -0.274 e. The third-order valence-corrected chi connectivity index (χ3v) is 4.65. The van der Waals surface area contributed by atoms with Crippen molar-refractivity contribution in [2.24, 2.45) is 0 Å². The van der Waals surface area contributed by atoms with E-state index in [9.17, 15) is 4.79 Å². The summed E-state index contributed by atoms with van der Waals surface area (Å²) in [5.41, 5.74) is 1.40. The van der Waals surface area contributed by atoms with Crippen molar-refractivity contribution < 1.29 is 0 Å². The van der Waals surface area contributed by atoms with Crippen LogP contribution in [-0.4, -0.2) is 29.8 Å². The van der Waals surface area contributed by atoms with Crippen LogP contribution in [0.2, 0.25) is 0 Å². The van der Waals surface area contributed by atoms with Gasteiger partial charge in [-0.2, -0.15) is 4.68 Å². The number of rotatable bonds is 4. The number of benzene rings is 2. The van der Waals surface area contributed by atoms with E-state index in [-0.39, 0.29) is 5.56 Å². The molecule has 4 aromatic rings. The van der Waals surface area contributed by atoms with E-state index in [1.165, 1.54) is 16.4 Å². The molecule has 2 aromatic carbocycles. The summed E-state index contributed by atoms with van der Waals surface area (Å²) in [7, 11) is 0. The molecule has 0 saturated carbocycles. The molecular weight excluding hydrogens is 336 g/mol. The molecule has 0 aliphatic carbocycles. The highest BCUT2D eigenvalue weighted by Crippen LogP contribution is 2.22. The summed E-state index contributed by atoms with van der Waals surface area (Å²) < 4.78 is 3.29. The Hall–Kier alpha value is -3.00. The fourth-order valence-corrected chi connectivity index (χ4v) is 3.41. The molecule has 0 atom stereocenters. The zero-order valence-corrected chi connectivity index (χ0v) is 14.2. The van der Waals surface area contributed by atoms with Crippen LogP contribution in [0, 0.1) is 6.92 Å². The molecule has 0 amide bonds. The zero-order valence-electron chi connectivity index (χ0n) is 13.4. The van der Waals surface area contributed by atoms with Crippen LogP contribution in [0.3, 0.4) is 0 Å². The molecule has 2 aromatic heterocycles. The number of para-hydroxylation sites is 1. The second-order valence-electron chi connectivity index (χ2n) is 5.39. The second kappa shape index (κ2) is 6.48. The second-order valence-corrected chi connectivity index (χ2v) is 6.30. The third kappa shape index (κ3) is 2.91. The monoisotopic (exact) mass is 350 g/mol. The lowest BCUT2D eigenvalue weighted by Gasteiger charge is -2.08. The molecule has 124 valence electrons. The van der Waals surface area contributed by atoms with Crippen molar-refractivity contribution in [3.63, 3.8) is 0 Å². The fraction of sp³-hybridized carbons (Fsp3) is 0.118. The van der Waals surface area contributed by atoms with Gasteiger partial charge in [-0.3, -0.25) is 9.36 Å². The molecule has 0 saturated heterocycles. The largest absolute Gasteiger partial charge is 0.278 e. The number of thioether (sulfide) groups is 1. The van der Waals surface area contributed by atoms with Crippen LogP contribution in [0.15, 0.2) is 64.5 Å². The molecule has 0 unspecified atom stereocenters.